The molecule has 0 radical (unpaired) electrons. The molecule has 5 heteroatoms. The standard InChI is InChI=1S/C22H21N3OS/c1-3-25-19-12-8-7-11-18(19)23-20(25)15-24(2)22(26)21-17(13-14-27-21)16-9-5-4-6-10-16/h4-14H,3,15H2,1-2H3. The maximum atomic E-state index is 13.1. The number of thiophene rings is 1. The number of rotatable bonds is 5. The number of aromatic nitrogens is 2. The molecule has 0 aliphatic rings. The Bertz CT molecular complexity index is 1080. The highest BCUT2D eigenvalue weighted by Crippen LogP contribution is 2.29. The Hall–Kier alpha value is -2.92. The average molecular weight is 375 g/mol. The van der Waals surface area contributed by atoms with E-state index in [1.807, 2.05) is 67.0 Å². The third kappa shape index (κ3) is 3.26. The van der Waals surface area contributed by atoms with Crippen LogP contribution in [-0.4, -0.2) is 27.4 Å². The van der Waals surface area contributed by atoms with Crippen LogP contribution in [0.1, 0.15) is 22.4 Å². The summed E-state index contributed by atoms with van der Waals surface area (Å²) in [6.45, 7) is 3.41. The highest BCUT2D eigenvalue weighted by molar-refractivity contribution is 7.12. The maximum absolute atomic E-state index is 13.1. The predicted octanol–water partition coefficient (Wildman–Crippen LogP) is 5.06. The lowest BCUT2D eigenvalue weighted by Crippen LogP contribution is -2.27. The van der Waals surface area contributed by atoms with Crippen LogP contribution in [0.15, 0.2) is 66.0 Å². The van der Waals surface area contributed by atoms with Crippen LogP contribution in [0, 0.1) is 0 Å². The number of amides is 1. The van der Waals surface area contributed by atoms with Gasteiger partial charge in [0.15, 0.2) is 0 Å². The van der Waals surface area contributed by atoms with Gasteiger partial charge in [0.05, 0.1) is 22.5 Å². The number of nitrogens with zero attached hydrogens (tertiary/aromatic N) is 3. The molecule has 0 aliphatic heterocycles. The maximum Gasteiger partial charge on any atom is 0.264 e. The third-order valence-corrected chi connectivity index (χ3v) is 5.62. The highest BCUT2D eigenvalue weighted by Gasteiger charge is 2.20. The molecule has 0 unspecified atom stereocenters. The zero-order valence-electron chi connectivity index (χ0n) is 15.4. The first-order valence-electron chi connectivity index (χ1n) is 9.01. The largest absolute Gasteiger partial charge is 0.334 e. The summed E-state index contributed by atoms with van der Waals surface area (Å²) in [5.74, 6) is 0.936. The second kappa shape index (κ2) is 7.37. The van der Waals surface area contributed by atoms with Crippen LogP contribution in [0.5, 0.6) is 0 Å². The van der Waals surface area contributed by atoms with Crippen LogP contribution in [0.3, 0.4) is 0 Å². The van der Waals surface area contributed by atoms with Crippen molar-refractivity contribution in [1.82, 2.24) is 14.5 Å². The molecule has 136 valence electrons. The number of hydrogen-bond acceptors (Lipinski definition) is 3. The number of benzene rings is 2. The van der Waals surface area contributed by atoms with E-state index in [9.17, 15) is 4.79 Å². The topological polar surface area (TPSA) is 38.1 Å². The van der Waals surface area contributed by atoms with Gasteiger partial charge in [0.1, 0.15) is 5.82 Å². The molecule has 0 spiro atoms. The molecule has 4 rings (SSSR count). The van der Waals surface area contributed by atoms with Gasteiger partial charge in [-0.15, -0.1) is 11.3 Å². The van der Waals surface area contributed by atoms with Crippen molar-refractivity contribution in [3.05, 3.63) is 76.7 Å². The van der Waals surface area contributed by atoms with E-state index in [0.29, 0.717) is 6.54 Å². The molecule has 0 bridgehead atoms. The van der Waals surface area contributed by atoms with Crippen LogP contribution in [0.25, 0.3) is 22.2 Å². The fourth-order valence-corrected chi connectivity index (χ4v) is 4.29. The number of aryl methyl sites for hydroxylation is 1. The Labute approximate surface area is 162 Å². The van der Waals surface area contributed by atoms with Crippen LogP contribution in [-0.2, 0) is 13.1 Å². The van der Waals surface area contributed by atoms with Crippen molar-refractivity contribution in [3.63, 3.8) is 0 Å². The summed E-state index contributed by atoms with van der Waals surface area (Å²) in [7, 11) is 1.84. The molecule has 4 nitrogen and oxygen atoms in total. The van der Waals surface area contributed by atoms with Gasteiger partial charge in [-0.05, 0) is 36.1 Å². The number of para-hydroxylation sites is 2. The lowest BCUT2D eigenvalue weighted by atomic mass is 10.1. The molecule has 0 N–H and O–H groups in total. The van der Waals surface area contributed by atoms with Gasteiger partial charge in [-0.3, -0.25) is 4.79 Å². The van der Waals surface area contributed by atoms with E-state index in [2.05, 4.69) is 17.6 Å². The third-order valence-electron chi connectivity index (χ3n) is 4.72. The number of hydrogen-bond donors (Lipinski definition) is 0. The number of fused-ring (bicyclic) bond motifs is 1. The van der Waals surface area contributed by atoms with E-state index in [0.717, 1.165) is 39.4 Å². The monoisotopic (exact) mass is 375 g/mol. The molecule has 1 amide bonds. The summed E-state index contributed by atoms with van der Waals surface area (Å²) in [6.07, 6.45) is 0. The van der Waals surface area contributed by atoms with Gasteiger partial charge >= 0.3 is 0 Å². The van der Waals surface area contributed by atoms with Gasteiger partial charge in [-0.2, -0.15) is 0 Å². The SMILES string of the molecule is CCn1c(CN(C)C(=O)c2sccc2-c2ccccc2)nc2ccccc21. The van der Waals surface area contributed by atoms with Crippen molar-refractivity contribution in [3.8, 4) is 11.1 Å². The molecule has 2 aromatic heterocycles. The quantitative estimate of drug-likeness (QED) is 0.489. The number of imidazole rings is 1. The van der Waals surface area contributed by atoms with Crippen molar-refractivity contribution < 1.29 is 4.79 Å². The molecule has 4 aromatic rings. The van der Waals surface area contributed by atoms with Gasteiger partial charge in [0.25, 0.3) is 5.91 Å². The number of carbonyl (C=O) groups excluding carboxylic acids is 1. The zero-order chi connectivity index (χ0) is 18.8. The van der Waals surface area contributed by atoms with Crippen LogP contribution in [0.4, 0.5) is 0 Å². The van der Waals surface area contributed by atoms with Crippen LogP contribution < -0.4 is 0 Å². The van der Waals surface area contributed by atoms with Crippen molar-refractivity contribution >= 4 is 28.3 Å². The Kier molecular flexibility index (Phi) is 4.77. The molecule has 27 heavy (non-hydrogen) atoms. The lowest BCUT2D eigenvalue weighted by molar-refractivity contribution is 0.0786. The van der Waals surface area contributed by atoms with Crippen LogP contribution >= 0.6 is 11.3 Å². The minimum absolute atomic E-state index is 0.0264. The van der Waals surface area contributed by atoms with Crippen molar-refractivity contribution in [2.24, 2.45) is 0 Å². The lowest BCUT2D eigenvalue weighted by Gasteiger charge is -2.18. The summed E-state index contributed by atoms with van der Waals surface area (Å²) in [6, 6.07) is 20.2. The molecular formula is C22H21N3OS. The Morgan fingerprint density at radius 2 is 1.81 bits per heavy atom. The molecule has 0 atom stereocenters. The first-order valence-corrected chi connectivity index (χ1v) is 9.89. The van der Waals surface area contributed by atoms with E-state index in [1.165, 1.54) is 11.3 Å². The van der Waals surface area contributed by atoms with E-state index in [4.69, 9.17) is 4.98 Å². The smallest absolute Gasteiger partial charge is 0.264 e. The normalized spacial score (nSPS) is 11.0. The van der Waals surface area contributed by atoms with Crippen molar-refractivity contribution in [1.29, 1.82) is 0 Å². The Morgan fingerprint density at radius 1 is 1.07 bits per heavy atom. The van der Waals surface area contributed by atoms with Crippen LogP contribution in [0.2, 0.25) is 0 Å². The Morgan fingerprint density at radius 3 is 2.59 bits per heavy atom. The van der Waals surface area contributed by atoms with E-state index in [1.54, 1.807) is 4.90 Å². The predicted molar refractivity (Wildman–Crippen MR) is 111 cm³/mol. The first kappa shape index (κ1) is 17.5. The second-order valence-electron chi connectivity index (χ2n) is 6.45. The molecule has 0 aliphatic carbocycles. The zero-order valence-corrected chi connectivity index (χ0v) is 16.2. The number of carbonyl (C=O) groups is 1. The average Bonchev–Trinajstić information content (AvgIpc) is 3.32. The summed E-state index contributed by atoms with van der Waals surface area (Å²) in [4.78, 5) is 20.4. The molecular weight excluding hydrogens is 354 g/mol. The molecule has 2 aromatic carbocycles. The van der Waals surface area contributed by atoms with Gasteiger partial charge in [0, 0.05) is 19.2 Å². The second-order valence-corrected chi connectivity index (χ2v) is 7.37. The molecule has 0 fully saturated rings. The molecule has 2 heterocycles. The highest BCUT2D eigenvalue weighted by atomic mass is 32.1. The summed E-state index contributed by atoms with van der Waals surface area (Å²) >= 11 is 1.49. The minimum Gasteiger partial charge on any atom is -0.334 e. The van der Waals surface area contributed by atoms with Gasteiger partial charge in [-0.25, -0.2) is 4.98 Å². The fourth-order valence-electron chi connectivity index (χ4n) is 3.38. The molecule has 0 saturated heterocycles. The molecule has 0 saturated carbocycles. The summed E-state index contributed by atoms with van der Waals surface area (Å²) in [5, 5.41) is 1.98. The van der Waals surface area contributed by atoms with Crippen molar-refractivity contribution in [2.75, 3.05) is 7.05 Å². The first-order chi connectivity index (χ1) is 13.2. The minimum atomic E-state index is 0.0264. The van der Waals surface area contributed by atoms with E-state index >= 15 is 0 Å². The Balaban J connectivity index is 1.62. The van der Waals surface area contributed by atoms with E-state index in [-0.39, 0.29) is 5.91 Å². The summed E-state index contributed by atoms with van der Waals surface area (Å²) in [5.41, 5.74) is 4.13. The van der Waals surface area contributed by atoms with E-state index < -0.39 is 0 Å². The summed E-state index contributed by atoms with van der Waals surface area (Å²) < 4.78 is 2.17. The van der Waals surface area contributed by atoms with Gasteiger partial charge in [0.2, 0.25) is 0 Å². The van der Waals surface area contributed by atoms with Gasteiger partial charge in [-0.1, -0.05) is 42.5 Å². The fraction of sp³-hybridized carbons (Fsp3) is 0.182. The van der Waals surface area contributed by atoms with Crippen molar-refractivity contribution in [2.45, 2.75) is 20.0 Å². The van der Waals surface area contributed by atoms with Gasteiger partial charge < -0.3 is 9.47 Å².